The number of phenols is 3. The number of hydrogen-bond acceptors (Lipinski definition) is 3. The van der Waals surface area contributed by atoms with E-state index >= 15 is 0 Å². The molecule has 0 amide bonds. The van der Waals surface area contributed by atoms with E-state index in [-0.39, 0.29) is 17.2 Å². The van der Waals surface area contributed by atoms with E-state index in [1.54, 1.807) is 30.3 Å². The van der Waals surface area contributed by atoms with Gasteiger partial charge in [-0.1, -0.05) is 35.9 Å². The number of allylic oxidation sites excluding steroid dienone is 2. The minimum Gasteiger partial charge on any atom is -0.508 e. The lowest BCUT2D eigenvalue weighted by molar-refractivity contribution is 0.446. The standard InChI is InChI=1S/C19H20O3/c1-13(2)3-10-18-15(11-17(21)12-19(18)22)7-4-14-5-8-16(20)9-6-14/h3-9,11-12,20-22H,10H2,1-2H3/b7-4+. The Bertz CT molecular complexity index is 706. The zero-order chi connectivity index (χ0) is 16.1. The van der Waals surface area contributed by atoms with Gasteiger partial charge >= 0.3 is 0 Å². The lowest BCUT2D eigenvalue weighted by atomic mass is 10.0. The third-order valence-corrected chi connectivity index (χ3v) is 3.31. The maximum Gasteiger partial charge on any atom is 0.123 e. The van der Waals surface area contributed by atoms with Crippen molar-refractivity contribution in [1.82, 2.24) is 0 Å². The molecule has 0 aromatic heterocycles. The SMILES string of the molecule is CC(C)=CCc1c(O)cc(O)cc1/C=C/c1ccc(O)cc1. The Morgan fingerprint density at radius 2 is 1.59 bits per heavy atom. The first-order chi connectivity index (χ1) is 10.5. The molecule has 0 spiro atoms. The third kappa shape index (κ3) is 4.16. The van der Waals surface area contributed by atoms with E-state index in [1.165, 1.54) is 11.6 Å². The van der Waals surface area contributed by atoms with Crippen molar-refractivity contribution >= 4 is 12.2 Å². The number of aromatic hydroxyl groups is 3. The van der Waals surface area contributed by atoms with Crippen LogP contribution < -0.4 is 0 Å². The number of benzene rings is 2. The quantitative estimate of drug-likeness (QED) is 0.575. The van der Waals surface area contributed by atoms with E-state index in [1.807, 2.05) is 32.1 Å². The van der Waals surface area contributed by atoms with Crippen LogP contribution in [0, 0.1) is 0 Å². The van der Waals surface area contributed by atoms with Gasteiger partial charge < -0.3 is 15.3 Å². The van der Waals surface area contributed by atoms with Crippen LogP contribution in [0.25, 0.3) is 12.2 Å². The Kier molecular flexibility index (Phi) is 4.89. The van der Waals surface area contributed by atoms with Gasteiger partial charge in [0, 0.05) is 11.6 Å². The number of hydrogen-bond donors (Lipinski definition) is 3. The molecule has 3 heteroatoms. The Hall–Kier alpha value is -2.68. The predicted molar refractivity (Wildman–Crippen MR) is 89.9 cm³/mol. The molecule has 0 saturated carbocycles. The topological polar surface area (TPSA) is 60.7 Å². The molecule has 0 aliphatic carbocycles. The van der Waals surface area contributed by atoms with Gasteiger partial charge in [-0.15, -0.1) is 0 Å². The van der Waals surface area contributed by atoms with Crippen LogP contribution in [0.15, 0.2) is 48.0 Å². The van der Waals surface area contributed by atoms with Crippen LogP contribution in [0.3, 0.4) is 0 Å². The molecule has 0 aliphatic rings. The van der Waals surface area contributed by atoms with E-state index in [4.69, 9.17) is 0 Å². The van der Waals surface area contributed by atoms with Crippen molar-refractivity contribution in [3.05, 3.63) is 64.7 Å². The van der Waals surface area contributed by atoms with Gasteiger partial charge in [-0.05, 0) is 49.6 Å². The fourth-order valence-electron chi connectivity index (χ4n) is 2.11. The Morgan fingerprint density at radius 1 is 0.909 bits per heavy atom. The Balaban J connectivity index is 2.36. The summed E-state index contributed by atoms with van der Waals surface area (Å²) in [5, 5.41) is 29.0. The summed E-state index contributed by atoms with van der Waals surface area (Å²) in [7, 11) is 0. The van der Waals surface area contributed by atoms with E-state index < -0.39 is 0 Å². The third-order valence-electron chi connectivity index (χ3n) is 3.31. The molecular weight excluding hydrogens is 276 g/mol. The summed E-state index contributed by atoms with van der Waals surface area (Å²) >= 11 is 0. The van der Waals surface area contributed by atoms with Crippen LogP contribution in [-0.2, 0) is 6.42 Å². The lowest BCUT2D eigenvalue weighted by Gasteiger charge is -2.08. The minimum absolute atomic E-state index is 0.0313. The Labute approximate surface area is 130 Å². The fraction of sp³-hybridized carbons (Fsp3) is 0.158. The molecule has 0 radical (unpaired) electrons. The summed E-state index contributed by atoms with van der Waals surface area (Å²) in [4.78, 5) is 0. The van der Waals surface area contributed by atoms with Crippen LogP contribution in [-0.4, -0.2) is 15.3 Å². The molecule has 0 fully saturated rings. The van der Waals surface area contributed by atoms with Gasteiger partial charge in [0.15, 0.2) is 0 Å². The van der Waals surface area contributed by atoms with Crippen LogP contribution in [0.5, 0.6) is 17.2 Å². The van der Waals surface area contributed by atoms with Crippen molar-refractivity contribution in [3.8, 4) is 17.2 Å². The first-order valence-corrected chi connectivity index (χ1v) is 7.11. The second-order valence-corrected chi connectivity index (χ2v) is 5.44. The second kappa shape index (κ2) is 6.85. The van der Waals surface area contributed by atoms with Crippen molar-refractivity contribution in [2.24, 2.45) is 0 Å². The number of rotatable bonds is 4. The molecule has 0 aliphatic heterocycles. The average molecular weight is 296 g/mol. The van der Waals surface area contributed by atoms with E-state index in [0.717, 1.165) is 16.7 Å². The van der Waals surface area contributed by atoms with Gasteiger partial charge in [-0.25, -0.2) is 0 Å². The van der Waals surface area contributed by atoms with Gasteiger partial charge in [-0.3, -0.25) is 0 Å². The van der Waals surface area contributed by atoms with Crippen molar-refractivity contribution in [1.29, 1.82) is 0 Å². The lowest BCUT2D eigenvalue weighted by Crippen LogP contribution is -1.89. The molecule has 3 nitrogen and oxygen atoms in total. The average Bonchev–Trinajstić information content (AvgIpc) is 2.45. The summed E-state index contributed by atoms with van der Waals surface area (Å²) in [6.45, 7) is 4.01. The highest BCUT2D eigenvalue weighted by molar-refractivity contribution is 5.73. The Morgan fingerprint density at radius 3 is 2.23 bits per heavy atom. The minimum atomic E-state index is 0.0313. The summed E-state index contributed by atoms with van der Waals surface area (Å²) in [5.74, 6) is 0.336. The summed E-state index contributed by atoms with van der Waals surface area (Å²) in [6.07, 6.45) is 6.35. The largest absolute Gasteiger partial charge is 0.508 e. The van der Waals surface area contributed by atoms with E-state index in [0.29, 0.717) is 6.42 Å². The van der Waals surface area contributed by atoms with Crippen LogP contribution in [0.2, 0.25) is 0 Å². The van der Waals surface area contributed by atoms with Crippen molar-refractivity contribution in [2.45, 2.75) is 20.3 Å². The molecular formula is C19H20O3. The maximum atomic E-state index is 10.1. The first-order valence-electron chi connectivity index (χ1n) is 7.11. The molecule has 3 N–H and O–H groups in total. The summed E-state index contributed by atoms with van der Waals surface area (Å²) < 4.78 is 0. The van der Waals surface area contributed by atoms with Gasteiger partial charge in [-0.2, -0.15) is 0 Å². The smallest absolute Gasteiger partial charge is 0.123 e. The van der Waals surface area contributed by atoms with Crippen molar-refractivity contribution < 1.29 is 15.3 Å². The normalized spacial score (nSPS) is 10.8. The van der Waals surface area contributed by atoms with Gasteiger partial charge in [0.25, 0.3) is 0 Å². The van der Waals surface area contributed by atoms with E-state index in [9.17, 15) is 15.3 Å². The molecule has 0 bridgehead atoms. The molecule has 0 unspecified atom stereocenters. The summed E-state index contributed by atoms with van der Waals surface area (Å²) in [5.41, 5.74) is 3.63. The molecule has 0 heterocycles. The van der Waals surface area contributed by atoms with Gasteiger partial charge in [0.2, 0.25) is 0 Å². The van der Waals surface area contributed by atoms with Gasteiger partial charge in [0.1, 0.15) is 17.2 Å². The zero-order valence-electron chi connectivity index (χ0n) is 12.7. The summed E-state index contributed by atoms with van der Waals surface area (Å²) in [6, 6.07) is 9.80. The monoisotopic (exact) mass is 296 g/mol. The maximum absolute atomic E-state index is 10.1. The highest BCUT2D eigenvalue weighted by Crippen LogP contribution is 2.29. The van der Waals surface area contributed by atoms with Crippen molar-refractivity contribution in [2.75, 3.05) is 0 Å². The molecule has 2 aromatic carbocycles. The molecule has 0 saturated heterocycles. The van der Waals surface area contributed by atoms with E-state index in [2.05, 4.69) is 0 Å². The molecule has 2 aromatic rings. The number of phenolic OH excluding ortho intramolecular Hbond substituents is 3. The van der Waals surface area contributed by atoms with Gasteiger partial charge in [0.05, 0.1) is 0 Å². The second-order valence-electron chi connectivity index (χ2n) is 5.44. The highest BCUT2D eigenvalue weighted by atomic mass is 16.3. The fourth-order valence-corrected chi connectivity index (χ4v) is 2.11. The van der Waals surface area contributed by atoms with Crippen LogP contribution >= 0.6 is 0 Å². The highest BCUT2D eigenvalue weighted by Gasteiger charge is 2.07. The van der Waals surface area contributed by atoms with Crippen LogP contribution in [0.1, 0.15) is 30.5 Å². The van der Waals surface area contributed by atoms with Crippen LogP contribution in [0.4, 0.5) is 0 Å². The molecule has 22 heavy (non-hydrogen) atoms. The molecule has 0 atom stereocenters. The predicted octanol–water partition coefficient (Wildman–Crippen LogP) is 4.48. The first kappa shape index (κ1) is 15.7. The zero-order valence-corrected chi connectivity index (χ0v) is 12.7. The molecule has 2 rings (SSSR count). The van der Waals surface area contributed by atoms with Crippen molar-refractivity contribution in [3.63, 3.8) is 0 Å². The molecule has 114 valence electrons.